The Morgan fingerprint density at radius 3 is 2.19 bits per heavy atom. The van der Waals surface area contributed by atoms with E-state index in [1.807, 2.05) is 0 Å². The molecule has 1 unspecified atom stereocenters. The van der Waals surface area contributed by atoms with Crippen LogP contribution >= 0.6 is 0 Å². The molecule has 4 aliphatic carbocycles. The third-order valence-corrected chi connectivity index (χ3v) is 12.4. The zero-order valence-electron chi connectivity index (χ0n) is 22.4. The fraction of sp³-hybridized carbons (Fsp3) is 0.933. The molecule has 0 saturated heterocycles. The van der Waals surface area contributed by atoms with Crippen molar-refractivity contribution in [3.05, 3.63) is 11.6 Å². The third kappa shape index (κ3) is 3.40. The van der Waals surface area contributed by atoms with Crippen molar-refractivity contribution in [2.24, 2.45) is 45.3 Å². The van der Waals surface area contributed by atoms with E-state index in [1.165, 1.54) is 50.5 Å². The summed E-state index contributed by atoms with van der Waals surface area (Å²) < 4.78 is 0. The van der Waals surface area contributed by atoms with Crippen molar-refractivity contribution in [1.29, 1.82) is 0 Å². The van der Waals surface area contributed by atoms with Gasteiger partial charge in [-0.15, -0.1) is 0 Å². The summed E-state index contributed by atoms with van der Waals surface area (Å²) in [5, 5.41) is 22.5. The molecule has 0 amide bonds. The van der Waals surface area contributed by atoms with E-state index in [9.17, 15) is 10.2 Å². The van der Waals surface area contributed by atoms with Crippen LogP contribution in [-0.2, 0) is 0 Å². The van der Waals surface area contributed by atoms with Crippen LogP contribution in [0.5, 0.6) is 0 Å². The van der Waals surface area contributed by atoms with Gasteiger partial charge < -0.3 is 10.2 Å². The number of allylic oxidation sites excluding steroid dienone is 2. The highest BCUT2D eigenvalue weighted by molar-refractivity contribution is 5.18. The molecule has 32 heavy (non-hydrogen) atoms. The molecule has 4 saturated carbocycles. The van der Waals surface area contributed by atoms with E-state index in [0.29, 0.717) is 34.0 Å². The molecule has 9 atom stereocenters. The second-order valence-electron chi connectivity index (χ2n) is 14.4. The predicted molar refractivity (Wildman–Crippen MR) is 134 cm³/mol. The fourth-order valence-corrected chi connectivity index (χ4v) is 10.3. The lowest BCUT2D eigenvalue weighted by molar-refractivity contribution is -0.225. The first-order valence-electron chi connectivity index (χ1n) is 13.7. The van der Waals surface area contributed by atoms with Gasteiger partial charge in [-0.1, -0.05) is 46.3 Å². The van der Waals surface area contributed by atoms with Crippen molar-refractivity contribution >= 4 is 0 Å². The summed E-state index contributed by atoms with van der Waals surface area (Å²) in [6.07, 6.45) is 13.8. The smallest absolute Gasteiger partial charge is 0.0653 e. The molecule has 0 radical (unpaired) electrons. The van der Waals surface area contributed by atoms with E-state index in [1.54, 1.807) is 0 Å². The molecular formula is C30H52O2. The van der Waals surface area contributed by atoms with Gasteiger partial charge >= 0.3 is 0 Å². The number of hydrogen-bond acceptors (Lipinski definition) is 2. The van der Waals surface area contributed by atoms with Crippen LogP contribution in [0.1, 0.15) is 120 Å². The second kappa shape index (κ2) is 7.84. The first-order valence-corrected chi connectivity index (χ1v) is 13.7. The van der Waals surface area contributed by atoms with Gasteiger partial charge in [0.15, 0.2) is 0 Å². The Kier molecular flexibility index (Phi) is 6.07. The van der Waals surface area contributed by atoms with Gasteiger partial charge in [-0.3, -0.25) is 0 Å². The molecule has 4 rings (SSSR count). The highest BCUT2D eigenvalue weighted by atomic mass is 16.3. The molecule has 2 nitrogen and oxygen atoms in total. The van der Waals surface area contributed by atoms with Crippen LogP contribution in [0.3, 0.4) is 0 Å². The minimum Gasteiger partial charge on any atom is -0.393 e. The molecule has 2 heteroatoms. The molecule has 0 bridgehead atoms. The zero-order chi connectivity index (χ0) is 23.7. The first kappa shape index (κ1) is 24.8. The molecule has 0 aliphatic heterocycles. The Morgan fingerprint density at radius 2 is 1.53 bits per heavy atom. The Labute approximate surface area is 198 Å². The van der Waals surface area contributed by atoms with Gasteiger partial charge in [0.2, 0.25) is 0 Å². The summed E-state index contributed by atoms with van der Waals surface area (Å²) in [6, 6.07) is 0. The van der Waals surface area contributed by atoms with E-state index < -0.39 is 5.60 Å². The average molecular weight is 445 g/mol. The topological polar surface area (TPSA) is 40.5 Å². The molecule has 4 aliphatic rings. The highest BCUT2D eigenvalue weighted by Crippen LogP contribution is 2.75. The summed E-state index contributed by atoms with van der Waals surface area (Å²) in [6.45, 7) is 19.0. The minimum absolute atomic E-state index is 0.0267. The summed E-state index contributed by atoms with van der Waals surface area (Å²) in [4.78, 5) is 0. The Bertz CT molecular complexity index is 746. The van der Waals surface area contributed by atoms with E-state index in [2.05, 4.69) is 61.5 Å². The Morgan fingerprint density at radius 1 is 0.875 bits per heavy atom. The SMILES string of the molecule is CC(C)=CCCC(C)(O)[C@H]1CC[C@]2(C)[C@@H]1CC[C@@H]1[C@@]3(C)CC[C@H](O)C(C)(C)[C@@H]3CC[C@]12C. The van der Waals surface area contributed by atoms with Crippen molar-refractivity contribution in [3.63, 3.8) is 0 Å². The van der Waals surface area contributed by atoms with Gasteiger partial charge in [-0.05, 0) is 130 Å². The van der Waals surface area contributed by atoms with Crippen molar-refractivity contribution in [1.82, 2.24) is 0 Å². The van der Waals surface area contributed by atoms with Crippen LogP contribution in [-0.4, -0.2) is 21.9 Å². The van der Waals surface area contributed by atoms with Crippen LogP contribution in [0, 0.1) is 45.3 Å². The second-order valence-corrected chi connectivity index (χ2v) is 14.4. The highest BCUT2D eigenvalue weighted by Gasteiger charge is 2.69. The van der Waals surface area contributed by atoms with E-state index in [4.69, 9.17) is 0 Å². The van der Waals surface area contributed by atoms with Gasteiger partial charge in [-0.25, -0.2) is 0 Å². The molecule has 2 N–H and O–H groups in total. The average Bonchev–Trinajstić information content (AvgIpc) is 3.04. The molecule has 0 aromatic carbocycles. The molecule has 4 fully saturated rings. The van der Waals surface area contributed by atoms with Gasteiger partial charge in [0, 0.05) is 0 Å². The Balaban J connectivity index is 1.61. The molecule has 0 aromatic rings. The van der Waals surface area contributed by atoms with Gasteiger partial charge in [0.05, 0.1) is 11.7 Å². The van der Waals surface area contributed by atoms with Gasteiger partial charge in [0.25, 0.3) is 0 Å². The lowest BCUT2D eigenvalue weighted by Crippen LogP contribution is -2.64. The van der Waals surface area contributed by atoms with E-state index in [0.717, 1.165) is 25.2 Å². The quantitative estimate of drug-likeness (QED) is 0.440. The van der Waals surface area contributed by atoms with E-state index in [-0.39, 0.29) is 11.5 Å². The van der Waals surface area contributed by atoms with Crippen molar-refractivity contribution in [2.75, 3.05) is 0 Å². The van der Waals surface area contributed by atoms with Crippen LogP contribution < -0.4 is 0 Å². The summed E-state index contributed by atoms with van der Waals surface area (Å²) in [5.41, 5.74) is 1.84. The van der Waals surface area contributed by atoms with Crippen molar-refractivity contribution in [3.8, 4) is 0 Å². The number of aliphatic hydroxyl groups excluding tert-OH is 1. The van der Waals surface area contributed by atoms with E-state index >= 15 is 0 Å². The maximum Gasteiger partial charge on any atom is 0.0653 e. The maximum atomic E-state index is 11.6. The summed E-state index contributed by atoms with van der Waals surface area (Å²) in [7, 11) is 0. The molecule has 0 aromatic heterocycles. The Hall–Kier alpha value is -0.340. The van der Waals surface area contributed by atoms with Crippen LogP contribution in [0.15, 0.2) is 11.6 Å². The minimum atomic E-state index is -0.560. The zero-order valence-corrected chi connectivity index (χ0v) is 22.4. The van der Waals surface area contributed by atoms with Crippen LogP contribution in [0.4, 0.5) is 0 Å². The fourth-order valence-electron chi connectivity index (χ4n) is 10.3. The standard InChI is InChI=1S/C30H52O2/c1-20(2)10-9-16-30(8,32)22-13-18-28(6)21(22)11-12-24-27(5)17-15-25(31)26(3,4)23(27)14-19-29(24,28)7/h10,21-25,31-32H,9,11-19H2,1-8H3/t21-,22+,23+,24-,25+,27+,28-,29-,30?/m1/s1. The van der Waals surface area contributed by atoms with Gasteiger partial charge in [-0.2, -0.15) is 0 Å². The monoisotopic (exact) mass is 444 g/mol. The molecule has 0 spiro atoms. The molecule has 184 valence electrons. The summed E-state index contributed by atoms with van der Waals surface area (Å²) >= 11 is 0. The number of fused-ring (bicyclic) bond motifs is 5. The first-order chi connectivity index (χ1) is 14.7. The lowest BCUT2D eigenvalue weighted by atomic mass is 9.35. The molecule has 0 heterocycles. The number of rotatable bonds is 4. The van der Waals surface area contributed by atoms with Crippen LogP contribution in [0.25, 0.3) is 0 Å². The van der Waals surface area contributed by atoms with Gasteiger partial charge in [0.1, 0.15) is 0 Å². The van der Waals surface area contributed by atoms with Crippen molar-refractivity contribution < 1.29 is 10.2 Å². The van der Waals surface area contributed by atoms with Crippen LogP contribution in [0.2, 0.25) is 0 Å². The maximum absolute atomic E-state index is 11.6. The summed E-state index contributed by atoms with van der Waals surface area (Å²) in [5.74, 6) is 2.45. The van der Waals surface area contributed by atoms with Crippen molar-refractivity contribution in [2.45, 2.75) is 131 Å². The normalized spacial score (nSPS) is 49.4. The number of aliphatic hydroxyl groups is 2. The number of hydrogen-bond donors (Lipinski definition) is 2. The molecular weight excluding hydrogens is 392 g/mol. The lowest BCUT2D eigenvalue weighted by Gasteiger charge is -2.70. The predicted octanol–water partition coefficient (Wildman–Crippen LogP) is 7.53. The third-order valence-electron chi connectivity index (χ3n) is 12.4. The largest absolute Gasteiger partial charge is 0.393 e.